The van der Waals surface area contributed by atoms with Crippen molar-refractivity contribution in [3.63, 3.8) is 0 Å². The Labute approximate surface area is 160 Å². The molecule has 1 atom stereocenters. The number of carbonyl (C=O) groups is 2. The SMILES string of the molecule is CCOc1ccc(CC(=O)NC(C)c2ccc(NC(=O)C3CC3)cc2)cc1. The van der Waals surface area contributed by atoms with Crippen molar-refractivity contribution in [2.24, 2.45) is 5.92 Å². The number of rotatable bonds is 8. The predicted octanol–water partition coefficient (Wildman–Crippen LogP) is 3.85. The van der Waals surface area contributed by atoms with Crippen LogP contribution in [-0.2, 0) is 16.0 Å². The molecule has 27 heavy (non-hydrogen) atoms. The standard InChI is InChI=1S/C22H26N2O3/c1-3-27-20-12-4-16(5-13-20)14-21(25)23-15(2)17-8-10-19(11-9-17)24-22(26)18-6-7-18/h4-5,8-13,15,18H,3,6-7,14H2,1-2H3,(H,23,25)(H,24,26). The van der Waals surface area contributed by atoms with Crippen LogP contribution in [0.4, 0.5) is 5.69 Å². The van der Waals surface area contributed by atoms with Gasteiger partial charge in [-0.15, -0.1) is 0 Å². The molecular formula is C22H26N2O3. The minimum absolute atomic E-state index is 0.0298. The fourth-order valence-corrected chi connectivity index (χ4v) is 2.88. The summed E-state index contributed by atoms with van der Waals surface area (Å²) in [5.74, 6) is 1.06. The van der Waals surface area contributed by atoms with Gasteiger partial charge in [0.15, 0.2) is 0 Å². The molecule has 0 aromatic heterocycles. The van der Waals surface area contributed by atoms with Gasteiger partial charge in [0, 0.05) is 11.6 Å². The lowest BCUT2D eigenvalue weighted by Gasteiger charge is -2.15. The highest BCUT2D eigenvalue weighted by Crippen LogP contribution is 2.30. The van der Waals surface area contributed by atoms with Crippen molar-refractivity contribution in [2.75, 3.05) is 11.9 Å². The number of carbonyl (C=O) groups excluding carboxylic acids is 2. The molecule has 0 bridgehead atoms. The van der Waals surface area contributed by atoms with Crippen molar-refractivity contribution in [3.8, 4) is 5.75 Å². The van der Waals surface area contributed by atoms with Gasteiger partial charge < -0.3 is 15.4 Å². The molecule has 0 radical (unpaired) electrons. The third-order valence-corrected chi connectivity index (χ3v) is 4.60. The lowest BCUT2D eigenvalue weighted by atomic mass is 10.1. The summed E-state index contributed by atoms with van der Waals surface area (Å²) in [6.07, 6.45) is 2.30. The monoisotopic (exact) mass is 366 g/mol. The van der Waals surface area contributed by atoms with Crippen LogP contribution in [0.5, 0.6) is 5.75 Å². The highest BCUT2D eigenvalue weighted by molar-refractivity contribution is 5.94. The second-order valence-corrected chi connectivity index (χ2v) is 6.93. The number of benzene rings is 2. The van der Waals surface area contributed by atoms with Gasteiger partial charge >= 0.3 is 0 Å². The smallest absolute Gasteiger partial charge is 0.227 e. The van der Waals surface area contributed by atoms with Gasteiger partial charge in [-0.2, -0.15) is 0 Å². The van der Waals surface area contributed by atoms with Gasteiger partial charge in [0.1, 0.15) is 5.75 Å². The Morgan fingerprint density at radius 3 is 2.33 bits per heavy atom. The average molecular weight is 366 g/mol. The zero-order valence-corrected chi connectivity index (χ0v) is 15.8. The molecule has 0 aliphatic heterocycles. The maximum atomic E-state index is 12.3. The second kappa shape index (κ2) is 8.71. The first kappa shape index (κ1) is 19.0. The molecule has 0 spiro atoms. The van der Waals surface area contributed by atoms with E-state index in [1.165, 1.54) is 0 Å². The van der Waals surface area contributed by atoms with Gasteiger partial charge in [-0.05, 0) is 62.1 Å². The number of nitrogens with one attached hydrogen (secondary N) is 2. The van der Waals surface area contributed by atoms with Crippen molar-refractivity contribution in [2.45, 2.75) is 39.2 Å². The van der Waals surface area contributed by atoms with E-state index < -0.39 is 0 Å². The summed E-state index contributed by atoms with van der Waals surface area (Å²) in [7, 11) is 0. The van der Waals surface area contributed by atoms with Gasteiger partial charge in [0.05, 0.1) is 19.1 Å². The van der Waals surface area contributed by atoms with Crippen molar-refractivity contribution >= 4 is 17.5 Å². The number of amides is 2. The van der Waals surface area contributed by atoms with Gasteiger partial charge in [0.25, 0.3) is 0 Å². The van der Waals surface area contributed by atoms with Crippen molar-refractivity contribution in [3.05, 3.63) is 59.7 Å². The zero-order chi connectivity index (χ0) is 19.2. The van der Waals surface area contributed by atoms with Crippen molar-refractivity contribution < 1.29 is 14.3 Å². The first-order chi connectivity index (χ1) is 13.0. The molecule has 2 N–H and O–H groups in total. The summed E-state index contributed by atoms with van der Waals surface area (Å²) in [4.78, 5) is 24.1. The van der Waals surface area contributed by atoms with Crippen LogP contribution in [0.2, 0.25) is 0 Å². The van der Waals surface area contributed by atoms with E-state index in [1.54, 1.807) is 0 Å². The molecule has 2 aromatic rings. The summed E-state index contributed by atoms with van der Waals surface area (Å²) < 4.78 is 5.41. The van der Waals surface area contributed by atoms with E-state index in [0.717, 1.165) is 35.4 Å². The fraction of sp³-hybridized carbons (Fsp3) is 0.364. The molecule has 1 aliphatic rings. The van der Waals surface area contributed by atoms with Crippen LogP contribution in [0.25, 0.3) is 0 Å². The molecule has 1 saturated carbocycles. The van der Waals surface area contributed by atoms with E-state index in [-0.39, 0.29) is 23.8 Å². The van der Waals surface area contributed by atoms with Crippen molar-refractivity contribution in [1.82, 2.24) is 5.32 Å². The van der Waals surface area contributed by atoms with E-state index >= 15 is 0 Å². The van der Waals surface area contributed by atoms with Crippen LogP contribution in [0, 0.1) is 5.92 Å². The molecule has 142 valence electrons. The fourth-order valence-electron chi connectivity index (χ4n) is 2.88. The zero-order valence-electron chi connectivity index (χ0n) is 15.8. The molecule has 2 amide bonds. The van der Waals surface area contributed by atoms with Gasteiger partial charge in [-0.3, -0.25) is 9.59 Å². The highest BCUT2D eigenvalue weighted by atomic mass is 16.5. The van der Waals surface area contributed by atoms with Crippen LogP contribution in [-0.4, -0.2) is 18.4 Å². The third kappa shape index (κ3) is 5.58. The number of hydrogen-bond donors (Lipinski definition) is 2. The second-order valence-electron chi connectivity index (χ2n) is 6.93. The summed E-state index contributed by atoms with van der Waals surface area (Å²) in [5.41, 5.74) is 2.74. The molecule has 1 aliphatic carbocycles. The summed E-state index contributed by atoms with van der Waals surface area (Å²) in [6.45, 7) is 4.52. The number of ether oxygens (including phenoxy) is 1. The number of anilines is 1. The molecule has 0 saturated heterocycles. The molecular weight excluding hydrogens is 340 g/mol. The van der Waals surface area contributed by atoms with Crippen LogP contribution >= 0.6 is 0 Å². The van der Waals surface area contributed by atoms with E-state index in [0.29, 0.717) is 13.0 Å². The van der Waals surface area contributed by atoms with E-state index in [1.807, 2.05) is 62.4 Å². The Hall–Kier alpha value is -2.82. The van der Waals surface area contributed by atoms with E-state index in [9.17, 15) is 9.59 Å². The van der Waals surface area contributed by atoms with Crippen LogP contribution in [0.15, 0.2) is 48.5 Å². The first-order valence-corrected chi connectivity index (χ1v) is 9.47. The Morgan fingerprint density at radius 2 is 1.74 bits per heavy atom. The Morgan fingerprint density at radius 1 is 1.07 bits per heavy atom. The third-order valence-electron chi connectivity index (χ3n) is 4.60. The molecule has 5 heteroatoms. The summed E-state index contributed by atoms with van der Waals surface area (Å²) in [5, 5.41) is 5.94. The Balaban J connectivity index is 1.50. The van der Waals surface area contributed by atoms with Gasteiger partial charge in [-0.25, -0.2) is 0 Å². The largest absolute Gasteiger partial charge is 0.494 e. The Bertz CT molecular complexity index is 780. The normalized spacial score (nSPS) is 14.3. The van der Waals surface area contributed by atoms with E-state index in [4.69, 9.17) is 4.74 Å². The average Bonchev–Trinajstić information content (AvgIpc) is 3.49. The molecule has 2 aromatic carbocycles. The molecule has 1 unspecified atom stereocenters. The topological polar surface area (TPSA) is 67.4 Å². The van der Waals surface area contributed by atoms with Crippen LogP contribution in [0.3, 0.4) is 0 Å². The number of hydrogen-bond acceptors (Lipinski definition) is 3. The lowest BCUT2D eigenvalue weighted by Crippen LogP contribution is -2.28. The lowest BCUT2D eigenvalue weighted by molar-refractivity contribution is -0.121. The van der Waals surface area contributed by atoms with Crippen LogP contribution < -0.4 is 15.4 Å². The molecule has 3 rings (SSSR count). The molecule has 5 nitrogen and oxygen atoms in total. The quantitative estimate of drug-likeness (QED) is 0.746. The van der Waals surface area contributed by atoms with Gasteiger partial charge in [0.2, 0.25) is 11.8 Å². The minimum Gasteiger partial charge on any atom is -0.494 e. The Kier molecular flexibility index (Phi) is 6.12. The maximum Gasteiger partial charge on any atom is 0.227 e. The predicted molar refractivity (Wildman–Crippen MR) is 106 cm³/mol. The highest BCUT2D eigenvalue weighted by Gasteiger charge is 2.29. The first-order valence-electron chi connectivity index (χ1n) is 9.47. The van der Waals surface area contributed by atoms with Gasteiger partial charge in [-0.1, -0.05) is 24.3 Å². The van der Waals surface area contributed by atoms with E-state index in [2.05, 4.69) is 10.6 Å². The molecule has 1 fully saturated rings. The summed E-state index contributed by atoms with van der Waals surface area (Å²) in [6, 6.07) is 15.1. The molecule has 0 heterocycles. The van der Waals surface area contributed by atoms with Crippen LogP contribution in [0.1, 0.15) is 43.9 Å². The van der Waals surface area contributed by atoms with Crippen molar-refractivity contribution in [1.29, 1.82) is 0 Å². The minimum atomic E-state index is -0.103. The summed E-state index contributed by atoms with van der Waals surface area (Å²) >= 11 is 0. The maximum absolute atomic E-state index is 12.3.